The number of halogens is 1. The number of carboxylic acids is 1. The number of carboxylic acid groups (broad SMARTS) is 1. The van der Waals surface area contributed by atoms with Crippen LogP contribution < -0.4 is 5.56 Å². The average molecular weight is 234 g/mol. The molecule has 1 aromatic carbocycles. The van der Waals surface area contributed by atoms with Crippen molar-refractivity contribution in [2.75, 3.05) is 0 Å². The summed E-state index contributed by atoms with van der Waals surface area (Å²) >= 11 is 0. The summed E-state index contributed by atoms with van der Waals surface area (Å²) in [5.74, 6) is -1.68. The van der Waals surface area contributed by atoms with Crippen molar-refractivity contribution in [1.82, 2.24) is 9.78 Å². The molecular weight excluding hydrogens is 227 g/mol. The van der Waals surface area contributed by atoms with E-state index >= 15 is 0 Å². The highest BCUT2D eigenvalue weighted by Gasteiger charge is 2.08. The van der Waals surface area contributed by atoms with Gasteiger partial charge < -0.3 is 5.11 Å². The van der Waals surface area contributed by atoms with E-state index in [0.717, 1.165) is 28.9 Å². The van der Waals surface area contributed by atoms with Crippen LogP contribution in [0, 0.1) is 5.82 Å². The molecule has 1 N–H and O–H groups in total. The van der Waals surface area contributed by atoms with Gasteiger partial charge in [-0.3, -0.25) is 4.79 Å². The Bertz CT molecular complexity index is 619. The zero-order valence-electron chi connectivity index (χ0n) is 8.50. The Morgan fingerprint density at radius 2 is 1.82 bits per heavy atom. The molecular formula is C11H7FN2O3. The van der Waals surface area contributed by atoms with Crippen LogP contribution in [0.3, 0.4) is 0 Å². The summed E-state index contributed by atoms with van der Waals surface area (Å²) in [5, 5.41) is 12.4. The Labute approximate surface area is 94.8 Å². The van der Waals surface area contributed by atoms with Gasteiger partial charge in [0, 0.05) is 6.07 Å². The molecule has 0 spiro atoms. The SMILES string of the molecule is O=C(O)c1ccc(=O)n(-c2ccc(F)cc2)n1. The smallest absolute Gasteiger partial charge is 0.356 e. The van der Waals surface area contributed by atoms with Crippen LogP contribution in [0.4, 0.5) is 4.39 Å². The first kappa shape index (κ1) is 11.0. The molecule has 0 aliphatic carbocycles. The molecule has 0 saturated carbocycles. The molecule has 0 fully saturated rings. The molecule has 2 rings (SSSR count). The van der Waals surface area contributed by atoms with Crippen molar-refractivity contribution in [2.24, 2.45) is 0 Å². The predicted molar refractivity (Wildman–Crippen MR) is 56.8 cm³/mol. The van der Waals surface area contributed by atoms with Crippen molar-refractivity contribution in [3.63, 3.8) is 0 Å². The topological polar surface area (TPSA) is 72.2 Å². The van der Waals surface area contributed by atoms with Crippen molar-refractivity contribution in [3.8, 4) is 5.69 Å². The molecule has 5 nitrogen and oxygen atoms in total. The molecule has 17 heavy (non-hydrogen) atoms. The van der Waals surface area contributed by atoms with Gasteiger partial charge in [0.05, 0.1) is 5.69 Å². The quantitative estimate of drug-likeness (QED) is 0.843. The minimum absolute atomic E-state index is 0.256. The summed E-state index contributed by atoms with van der Waals surface area (Å²) < 4.78 is 13.6. The van der Waals surface area contributed by atoms with Crippen LogP contribution >= 0.6 is 0 Å². The third kappa shape index (κ3) is 2.20. The van der Waals surface area contributed by atoms with Gasteiger partial charge in [-0.25, -0.2) is 9.18 Å². The summed E-state index contributed by atoms with van der Waals surface area (Å²) in [6.45, 7) is 0. The number of aromatic carboxylic acids is 1. The van der Waals surface area contributed by atoms with Gasteiger partial charge in [-0.15, -0.1) is 0 Å². The second-order valence-electron chi connectivity index (χ2n) is 3.25. The van der Waals surface area contributed by atoms with Crippen LogP contribution in [0.25, 0.3) is 5.69 Å². The number of hydrogen-bond acceptors (Lipinski definition) is 3. The van der Waals surface area contributed by atoms with Gasteiger partial charge in [0.2, 0.25) is 0 Å². The Hall–Kier alpha value is -2.50. The molecule has 1 aromatic heterocycles. The minimum Gasteiger partial charge on any atom is -0.476 e. The first-order chi connectivity index (χ1) is 8.08. The number of hydrogen-bond donors (Lipinski definition) is 1. The van der Waals surface area contributed by atoms with E-state index in [2.05, 4.69) is 5.10 Å². The Kier molecular flexibility index (Phi) is 2.70. The highest BCUT2D eigenvalue weighted by atomic mass is 19.1. The van der Waals surface area contributed by atoms with Crippen molar-refractivity contribution in [2.45, 2.75) is 0 Å². The third-order valence-electron chi connectivity index (χ3n) is 2.09. The zero-order valence-corrected chi connectivity index (χ0v) is 8.50. The number of rotatable bonds is 2. The predicted octanol–water partition coefficient (Wildman–Crippen LogP) is 1.07. The van der Waals surface area contributed by atoms with Crippen LogP contribution in [0.1, 0.15) is 10.5 Å². The lowest BCUT2D eigenvalue weighted by atomic mass is 10.3. The molecule has 0 radical (unpaired) electrons. The second-order valence-corrected chi connectivity index (χ2v) is 3.25. The first-order valence-electron chi connectivity index (χ1n) is 4.67. The lowest BCUT2D eigenvalue weighted by molar-refractivity contribution is 0.0688. The molecule has 0 atom stereocenters. The fraction of sp³-hybridized carbons (Fsp3) is 0. The Morgan fingerprint density at radius 3 is 2.41 bits per heavy atom. The van der Waals surface area contributed by atoms with Crippen LogP contribution in [0.5, 0.6) is 0 Å². The highest BCUT2D eigenvalue weighted by Crippen LogP contribution is 2.05. The van der Waals surface area contributed by atoms with Gasteiger partial charge in [0.1, 0.15) is 5.82 Å². The number of benzene rings is 1. The largest absolute Gasteiger partial charge is 0.476 e. The number of carbonyl (C=O) groups is 1. The summed E-state index contributed by atoms with van der Waals surface area (Å²) in [5.41, 5.74) is -0.435. The molecule has 2 aromatic rings. The minimum atomic E-state index is -1.24. The molecule has 0 saturated heterocycles. The Balaban J connectivity index is 2.58. The summed E-state index contributed by atoms with van der Waals surface area (Å²) in [6.07, 6.45) is 0. The summed E-state index contributed by atoms with van der Waals surface area (Å²) in [4.78, 5) is 22.2. The maximum atomic E-state index is 12.7. The van der Waals surface area contributed by atoms with E-state index in [4.69, 9.17) is 5.11 Å². The van der Waals surface area contributed by atoms with Gasteiger partial charge in [0.15, 0.2) is 5.69 Å². The van der Waals surface area contributed by atoms with Gasteiger partial charge in [-0.05, 0) is 30.3 Å². The van der Waals surface area contributed by atoms with Crippen LogP contribution in [-0.2, 0) is 0 Å². The van der Waals surface area contributed by atoms with Gasteiger partial charge in [-0.1, -0.05) is 0 Å². The molecule has 0 bridgehead atoms. The third-order valence-corrected chi connectivity index (χ3v) is 2.09. The lowest BCUT2D eigenvalue weighted by Gasteiger charge is -2.04. The molecule has 86 valence electrons. The van der Waals surface area contributed by atoms with Gasteiger partial charge in [-0.2, -0.15) is 9.78 Å². The van der Waals surface area contributed by atoms with Crippen LogP contribution in [-0.4, -0.2) is 20.9 Å². The maximum Gasteiger partial charge on any atom is 0.356 e. The standard InChI is InChI=1S/C11H7FN2O3/c12-7-1-3-8(4-2-7)14-10(15)6-5-9(13-14)11(16)17/h1-6H,(H,16,17). The average Bonchev–Trinajstić information content (AvgIpc) is 2.31. The highest BCUT2D eigenvalue weighted by molar-refractivity contribution is 5.84. The van der Waals surface area contributed by atoms with Crippen molar-refractivity contribution >= 4 is 5.97 Å². The van der Waals surface area contributed by atoms with Crippen LogP contribution in [0.15, 0.2) is 41.2 Å². The van der Waals surface area contributed by atoms with Gasteiger partial charge >= 0.3 is 5.97 Å². The fourth-order valence-corrected chi connectivity index (χ4v) is 1.29. The van der Waals surface area contributed by atoms with Crippen molar-refractivity contribution in [1.29, 1.82) is 0 Å². The van der Waals surface area contributed by atoms with Gasteiger partial charge in [0.25, 0.3) is 5.56 Å². The normalized spacial score (nSPS) is 10.2. The zero-order chi connectivity index (χ0) is 12.4. The molecule has 0 aliphatic heterocycles. The lowest BCUT2D eigenvalue weighted by Crippen LogP contribution is -2.22. The van der Waals surface area contributed by atoms with E-state index in [0.29, 0.717) is 5.69 Å². The fourth-order valence-electron chi connectivity index (χ4n) is 1.29. The molecule has 1 heterocycles. The molecule has 0 amide bonds. The van der Waals surface area contributed by atoms with Crippen molar-refractivity contribution in [3.05, 3.63) is 58.3 Å². The maximum absolute atomic E-state index is 12.7. The summed E-state index contributed by atoms with van der Waals surface area (Å²) in [7, 11) is 0. The Morgan fingerprint density at radius 1 is 1.18 bits per heavy atom. The van der Waals surface area contributed by atoms with Crippen molar-refractivity contribution < 1.29 is 14.3 Å². The number of nitrogens with zero attached hydrogens (tertiary/aromatic N) is 2. The first-order valence-corrected chi connectivity index (χ1v) is 4.67. The molecule has 0 aliphatic rings. The van der Waals surface area contributed by atoms with E-state index in [9.17, 15) is 14.0 Å². The molecule has 6 heteroatoms. The second kappa shape index (κ2) is 4.17. The van der Waals surface area contributed by atoms with E-state index in [1.54, 1.807) is 0 Å². The van der Waals surface area contributed by atoms with E-state index in [1.807, 2.05) is 0 Å². The molecule has 0 unspecified atom stereocenters. The summed E-state index contributed by atoms with van der Waals surface area (Å²) in [6, 6.07) is 7.23. The van der Waals surface area contributed by atoms with E-state index in [-0.39, 0.29) is 5.69 Å². The van der Waals surface area contributed by atoms with E-state index in [1.165, 1.54) is 12.1 Å². The van der Waals surface area contributed by atoms with E-state index < -0.39 is 17.3 Å². The van der Waals surface area contributed by atoms with Crippen LogP contribution in [0.2, 0.25) is 0 Å². The monoisotopic (exact) mass is 234 g/mol. The number of aromatic nitrogens is 2.